The Morgan fingerprint density at radius 3 is 2.52 bits per heavy atom. The van der Waals surface area contributed by atoms with Gasteiger partial charge in [-0.2, -0.15) is 5.26 Å². The van der Waals surface area contributed by atoms with Gasteiger partial charge < -0.3 is 0 Å². The molecule has 0 aliphatic heterocycles. The van der Waals surface area contributed by atoms with Gasteiger partial charge in [0.15, 0.2) is 0 Å². The maximum absolute atomic E-state index is 15.4. The third-order valence-corrected chi connectivity index (χ3v) is 6.97. The normalized spacial score (nSPS) is 23.2. The molecule has 0 N–H and O–H groups in total. The van der Waals surface area contributed by atoms with E-state index in [0.29, 0.717) is 23.8 Å². The van der Waals surface area contributed by atoms with E-state index in [9.17, 15) is 8.78 Å². The van der Waals surface area contributed by atoms with Crippen LogP contribution in [0.4, 0.5) is 13.2 Å². The molecule has 29 heavy (non-hydrogen) atoms. The van der Waals surface area contributed by atoms with Gasteiger partial charge in [0.2, 0.25) is 0 Å². The highest BCUT2D eigenvalue weighted by atomic mass is 19.1. The highest BCUT2D eigenvalue weighted by Crippen LogP contribution is 2.49. The number of rotatable bonds is 4. The predicted molar refractivity (Wildman–Crippen MR) is 108 cm³/mol. The smallest absolute Gasteiger partial charge is 0.144 e. The Hall–Kier alpha value is -2.28. The van der Waals surface area contributed by atoms with Crippen LogP contribution < -0.4 is 0 Å². The van der Waals surface area contributed by atoms with Crippen LogP contribution in [0.5, 0.6) is 0 Å². The number of hydrogen-bond acceptors (Lipinski definition) is 1. The molecule has 0 amide bonds. The van der Waals surface area contributed by atoms with Crippen LogP contribution in [0, 0.1) is 40.6 Å². The number of unbranched alkanes of at least 4 members (excludes halogenated alkanes) is 1. The largest absolute Gasteiger partial charge is 0.206 e. The molecule has 0 unspecified atom stereocenters. The van der Waals surface area contributed by atoms with Crippen LogP contribution in [0.15, 0.2) is 24.3 Å². The third kappa shape index (κ3) is 3.68. The maximum atomic E-state index is 15.4. The van der Waals surface area contributed by atoms with Gasteiger partial charge in [-0.3, -0.25) is 0 Å². The summed E-state index contributed by atoms with van der Waals surface area (Å²) in [5, 5.41) is 8.85. The van der Waals surface area contributed by atoms with Crippen molar-refractivity contribution in [2.24, 2.45) is 11.8 Å². The van der Waals surface area contributed by atoms with Crippen molar-refractivity contribution in [3.63, 3.8) is 0 Å². The molecule has 2 aromatic rings. The Balaban J connectivity index is 1.64. The van der Waals surface area contributed by atoms with Gasteiger partial charge >= 0.3 is 0 Å². The Labute approximate surface area is 170 Å². The lowest BCUT2D eigenvalue weighted by Crippen LogP contribution is -2.28. The third-order valence-electron chi connectivity index (χ3n) is 6.97. The molecule has 0 spiro atoms. The van der Waals surface area contributed by atoms with Crippen LogP contribution in [0.25, 0.3) is 11.1 Å². The number of nitrogens with zero attached hydrogens (tertiary/aromatic N) is 1. The fourth-order valence-corrected chi connectivity index (χ4v) is 5.47. The first kappa shape index (κ1) is 20.0. The summed E-state index contributed by atoms with van der Waals surface area (Å²) in [4.78, 5) is 0. The van der Waals surface area contributed by atoms with E-state index >= 15 is 4.39 Å². The summed E-state index contributed by atoms with van der Waals surface area (Å²) in [7, 11) is 0. The Morgan fingerprint density at radius 1 is 1.07 bits per heavy atom. The summed E-state index contributed by atoms with van der Waals surface area (Å²) in [6.07, 6.45) is 9.02. The van der Waals surface area contributed by atoms with Gasteiger partial charge in [0.25, 0.3) is 0 Å². The summed E-state index contributed by atoms with van der Waals surface area (Å²) in [5.74, 6) is -0.457. The Bertz CT molecular complexity index is 936. The second kappa shape index (κ2) is 8.22. The first-order valence-electron chi connectivity index (χ1n) is 10.7. The standard InChI is InChI=1S/C25H26F3N/c1-2-3-4-15-5-7-18-16(11-15)6-8-21-20(18)10-9-19(25(21)28)17-12-23(26)22(14-29)24(27)13-17/h9-10,12-13,15-16,18H,2-8,11H2,1H3/t15-,16+,18+/m1/s1. The van der Waals surface area contributed by atoms with Crippen molar-refractivity contribution in [1.82, 2.24) is 0 Å². The Morgan fingerprint density at radius 2 is 1.83 bits per heavy atom. The van der Waals surface area contributed by atoms with Crippen molar-refractivity contribution < 1.29 is 13.2 Å². The molecule has 4 heteroatoms. The van der Waals surface area contributed by atoms with Gasteiger partial charge in [0, 0.05) is 5.56 Å². The van der Waals surface area contributed by atoms with E-state index < -0.39 is 17.2 Å². The van der Waals surface area contributed by atoms with Crippen molar-refractivity contribution in [3.8, 4) is 17.2 Å². The second-order valence-electron chi connectivity index (χ2n) is 8.65. The van der Waals surface area contributed by atoms with Crippen molar-refractivity contribution in [2.45, 2.75) is 64.2 Å². The molecule has 1 fully saturated rings. The molecule has 0 radical (unpaired) electrons. The van der Waals surface area contributed by atoms with E-state index in [1.54, 1.807) is 6.07 Å². The van der Waals surface area contributed by atoms with E-state index in [4.69, 9.17) is 5.26 Å². The maximum Gasteiger partial charge on any atom is 0.144 e. The number of nitriles is 1. The van der Waals surface area contributed by atoms with Crippen LogP contribution in [-0.2, 0) is 6.42 Å². The van der Waals surface area contributed by atoms with Gasteiger partial charge in [-0.1, -0.05) is 38.3 Å². The molecular weight excluding hydrogens is 371 g/mol. The van der Waals surface area contributed by atoms with E-state index in [0.717, 1.165) is 36.5 Å². The molecule has 2 aliphatic carbocycles. The second-order valence-corrected chi connectivity index (χ2v) is 8.65. The quantitative estimate of drug-likeness (QED) is 0.532. The highest BCUT2D eigenvalue weighted by Gasteiger charge is 2.36. The Kier molecular flexibility index (Phi) is 5.67. The van der Waals surface area contributed by atoms with Gasteiger partial charge in [-0.05, 0) is 78.7 Å². The molecule has 0 aromatic heterocycles. The number of benzene rings is 2. The van der Waals surface area contributed by atoms with Gasteiger partial charge in [0.1, 0.15) is 29.1 Å². The number of fused-ring (bicyclic) bond motifs is 3. The minimum Gasteiger partial charge on any atom is -0.206 e. The summed E-state index contributed by atoms with van der Waals surface area (Å²) in [5.41, 5.74) is 1.52. The highest BCUT2D eigenvalue weighted by molar-refractivity contribution is 5.67. The fraction of sp³-hybridized carbons (Fsp3) is 0.480. The van der Waals surface area contributed by atoms with Crippen LogP contribution in [-0.4, -0.2) is 0 Å². The lowest BCUT2D eigenvalue weighted by molar-refractivity contribution is 0.198. The zero-order chi connectivity index (χ0) is 20.5. The SMILES string of the molecule is CCCC[C@@H]1CC[C@@H]2c3ccc(-c4cc(F)c(C#N)c(F)c4)c(F)c3CC[C@H]2C1. The average molecular weight is 397 g/mol. The molecule has 3 atom stereocenters. The summed E-state index contributed by atoms with van der Waals surface area (Å²) in [6, 6.07) is 7.23. The van der Waals surface area contributed by atoms with Crippen LogP contribution in [0.1, 0.15) is 74.5 Å². The molecule has 1 nitrogen and oxygen atoms in total. The minimum absolute atomic E-state index is 0.143. The van der Waals surface area contributed by atoms with Gasteiger partial charge in [-0.15, -0.1) is 0 Å². The number of hydrogen-bond donors (Lipinski definition) is 0. The lowest BCUT2D eigenvalue weighted by Gasteiger charge is -2.41. The monoisotopic (exact) mass is 397 g/mol. The van der Waals surface area contributed by atoms with Gasteiger partial charge in [0.05, 0.1) is 0 Å². The molecule has 2 aromatic carbocycles. The van der Waals surface area contributed by atoms with E-state index in [2.05, 4.69) is 6.92 Å². The van der Waals surface area contributed by atoms with E-state index in [1.807, 2.05) is 6.07 Å². The van der Waals surface area contributed by atoms with Crippen molar-refractivity contribution >= 4 is 0 Å². The predicted octanol–water partition coefficient (Wildman–Crippen LogP) is 7.28. The number of halogens is 3. The lowest BCUT2D eigenvalue weighted by atomic mass is 9.64. The summed E-state index contributed by atoms with van der Waals surface area (Å²) < 4.78 is 43.4. The van der Waals surface area contributed by atoms with Crippen LogP contribution in [0.3, 0.4) is 0 Å². The molecule has 4 rings (SSSR count). The van der Waals surface area contributed by atoms with Crippen molar-refractivity contribution in [2.75, 3.05) is 0 Å². The first-order valence-corrected chi connectivity index (χ1v) is 10.7. The van der Waals surface area contributed by atoms with E-state index in [-0.39, 0.29) is 16.9 Å². The zero-order valence-electron chi connectivity index (χ0n) is 16.8. The minimum atomic E-state index is -0.954. The van der Waals surface area contributed by atoms with Crippen LogP contribution >= 0.6 is 0 Å². The molecule has 0 heterocycles. The van der Waals surface area contributed by atoms with E-state index in [1.165, 1.54) is 38.2 Å². The van der Waals surface area contributed by atoms with Crippen molar-refractivity contribution in [3.05, 3.63) is 58.4 Å². The zero-order valence-corrected chi connectivity index (χ0v) is 16.8. The first-order chi connectivity index (χ1) is 14.0. The van der Waals surface area contributed by atoms with Crippen LogP contribution in [0.2, 0.25) is 0 Å². The average Bonchev–Trinajstić information content (AvgIpc) is 2.71. The van der Waals surface area contributed by atoms with Crippen molar-refractivity contribution in [1.29, 1.82) is 5.26 Å². The molecule has 152 valence electrons. The molecule has 2 aliphatic rings. The van der Waals surface area contributed by atoms with Gasteiger partial charge in [-0.25, -0.2) is 13.2 Å². The fourth-order valence-electron chi connectivity index (χ4n) is 5.47. The molecule has 1 saturated carbocycles. The summed E-state index contributed by atoms with van der Waals surface area (Å²) >= 11 is 0. The molecular formula is C25H26F3N. The topological polar surface area (TPSA) is 23.8 Å². The molecule has 0 saturated heterocycles. The molecule has 0 bridgehead atoms. The summed E-state index contributed by atoms with van der Waals surface area (Å²) in [6.45, 7) is 2.23.